The van der Waals surface area contributed by atoms with E-state index < -0.39 is 0 Å². The molecule has 0 fully saturated rings. The Morgan fingerprint density at radius 3 is 2.94 bits per heavy atom. The first-order valence-electron chi connectivity index (χ1n) is 6.23. The molecule has 0 spiro atoms. The third-order valence-electron chi connectivity index (χ3n) is 2.45. The van der Waals surface area contributed by atoms with Gasteiger partial charge in [0, 0.05) is 6.54 Å². The Labute approximate surface area is 112 Å². The van der Waals surface area contributed by atoms with Gasteiger partial charge in [0.2, 0.25) is 0 Å². The van der Waals surface area contributed by atoms with Crippen LogP contribution < -0.4 is 5.32 Å². The highest BCUT2D eigenvalue weighted by atomic mass is 79.9. The predicted octanol–water partition coefficient (Wildman–Crippen LogP) is 3.31. The van der Waals surface area contributed by atoms with Crippen molar-refractivity contribution >= 4 is 22.0 Å². The summed E-state index contributed by atoms with van der Waals surface area (Å²) < 4.78 is 3.05. The summed E-state index contributed by atoms with van der Waals surface area (Å²) >= 11 is 3.51. The summed E-state index contributed by atoms with van der Waals surface area (Å²) in [7, 11) is 0. The molecule has 0 aromatic carbocycles. The number of rotatable bonds is 7. The lowest BCUT2D eigenvalue weighted by Crippen LogP contribution is -2.20. The first kappa shape index (κ1) is 14.5. The number of hydrogen-bond acceptors (Lipinski definition) is 2. The van der Waals surface area contributed by atoms with Crippen LogP contribution in [0, 0.1) is 5.92 Å². The number of halogens is 1. The van der Waals surface area contributed by atoms with E-state index in [4.69, 9.17) is 0 Å². The van der Waals surface area contributed by atoms with Crippen molar-refractivity contribution in [1.82, 2.24) is 15.1 Å². The van der Waals surface area contributed by atoms with Crippen LogP contribution in [0.1, 0.15) is 32.9 Å². The molecule has 0 unspecified atom stereocenters. The van der Waals surface area contributed by atoms with E-state index in [0.717, 1.165) is 42.1 Å². The molecule has 96 valence electrons. The molecule has 0 aliphatic carbocycles. The van der Waals surface area contributed by atoms with Gasteiger partial charge >= 0.3 is 0 Å². The maximum Gasteiger partial charge on any atom is 0.0748 e. The van der Waals surface area contributed by atoms with Gasteiger partial charge in [-0.05, 0) is 54.4 Å². The Morgan fingerprint density at radius 1 is 1.53 bits per heavy atom. The Kier molecular flexibility index (Phi) is 6.52. The first-order valence-corrected chi connectivity index (χ1v) is 7.03. The van der Waals surface area contributed by atoms with Gasteiger partial charge in [0.05, 0.1) is 16.4 Å². The minimum atomic E-state index is 0.717. The third-order valence-corrected chi connectivity index (χ3v) is 3.06. The Hall–Kier alpha value is -0.610. The smallest absolute Gasteiger partial charge is 0.0748 e. The molecule has 0 radical (unpaired) electrons. The number of aromatic nitrogens is 2. The van der Waals surface area contributed by atoms with Gasteiger partial charge in [-0.2, -0.15) is 5.10 Å². The monoisotopic (exact) mass is 299 g/mol. The highest BCUT2D eigenvalue weighted by Crippen LogP contribution is 2.17. The lowest BCUT2D eigenvalue weighted by Gasteiger charge is -2.05. The highest BCUT2D eigenvalue weighted by Gasteiger charge is 2.02. The standard InChI is InChI=1S/C13H22BrN3/c1-4-17-13(12(14)10-16-17)7-5-6-8-15-9-11(2)3/h5,7,10-11,15H,4,6,8-9H2,1-3H3/b7-5+. The Morgan fingerprint density at radius 2 is 2.29 bits per heavy atom. The molecule has 3 nitrogen and oxygen atoms in total. The van der Waals surface area contributed by atoms with E-state index in [9.17, 15) is 0 Å². The van der Waals surface area contributed by atoms with Gasteiger partial charge < -0.3 is 5.32 Å². The summed E-state index contributed by atoms with van der Waals surface area (Å²) in [5.41, 5.74) is 1.15. The van der Waals surface area contributed by atoms with E-state index in [1.807, 2.05) is 10.9 Å². The van der Waals surface area contributed by atoms with Crippen LogP contribution in [0.25, 0.3) is 6.08 Å². The zero-order chi connectivity index (χ0) is 12.7. The molecule has 0 saturated carbocycles. The Balaban J connectivity index is 2.35. The molecule has 0 aliphatic heterocycles. The van der Waals surface area contributed by atoms with E-state index in [-0.39, 0.29) is 0 Å². The number of nitrogens with one attached hydrogen (secondary N) is 1. The molecule has 1 heterocycles. The summed E-state index contributed by atoms with van der Waals surface area (Å²) in [5, 5.41) is 7.70. The zero-order valence-electron chi connectivity index (χ0n) is 10.9. The Bertz CT molecular complexity index is 356. The molecule has 0 bridgehead atoms. The number of aryl methyl sites for hydroxylation is 1. The van der Waals surface area contributed by atoms with E-state index >= 15 is 0 Å². The lowest BCUT2D eigenvalue weighted by molar-refractivity contribution is 0.557. The molecule has 17 heavy (non-hydrogen) atoms. The summed E-state index contributed by atoms with van der Waals surface area (Å²) in [6, 6.07) is 0. The second-order valence-electron chi connectivity index (χ2n) is 4.48. The van der Waals surface area contributed by atoms with Crippen molar-refractivity contribution in [1.29, 1.82) is 0 Å². The molecular weight excluding hydrogens is 278 g/mol. The van der Waals surface area contributed by atoms with Crippen molar-refractivity contribution in [2.24, 2.45) is 5.92 Å². The third kappa shape index (κ3) is 5.04. The van der Waals surface area contributed by atoms with Crippen LogP contribution in [-0.4, -0.2) is 22.9 Å². The van der Waals surface area contributed by atoms with Crippen molar-refractivity contribution < 1.29 is 0 Å². The lowest BCUT2D eigenvalue weighted by atomic mass is 10.2. The fraction of sp³-hybridized carbons (Fsp3) is 0.615. The molecule has 0 atom stereocenters. The summed E-state index contributed by atoms with van der Waals surface area (Å²) in [5.74, 6) is 0.717. The molecule has 4 heteroatoms. The van der Waals surface area contributed by atoms with Crippen LogP contribution >= 0.6 is 15.9 Å². The summed E-state index contributed by atoms with van der Waals surface area (Å²) in [6.07, 6.45) is 7.23. The molecule has 0 amide bonds. The molecule has 1 rings (SSSR count). The topological polar surface area (TPSA) is 29.9 Å². The van der Waals surface area contributed by atoms with Crippen molar-refractivity contribution in [2.75, 3.05) is 13.1 Å². The normalized spacial score (nSPS) is 11.8. The minimum Gasteiger partial charge on any atom is -0.316 e. The summed E-state index contributed by atoms with van der Waals surface area (Å²) in [4.78, 5) is 0. The zero-order valence-corrected chi connectivity index (χ0v) is 12.5. The summed E-state index contributed by atoms with van der Waals surface area (Å²) in [6.45, 7) is 9.56. The van der Waals surface area contributed by atoms with E-state index in [2.05, 4.69) is 59.3 Å². The quantitative estimate of drug-likeness (QED) is 0.783. The van der Waals surface area contributed by atoms with Crippen LogP contribution in [-0.2, 0) is 6.54 Å². The van der Waals surface area contributed by atoms with E-state index in [1.54, 1.807) is 0 Å². The van der Waals surface area contributed by atoms with Crippen LogP contribution in [0.5, 0.6) is 0 Å². The van der Waals surface area contributed by atoms with Crippen LogP contribution in [0.2, 0.25) is 0 Å². The SMILES string of the molecule is CCn1ncc(Br)c1/C=C/CCNCC(C)C. The van der Waals surface area contributed by atoms with Gasteiger partial charge in [-0.25, -0.2) is 0 Å². The maximum absolute atomic E-state index is 4.28. The number of hydrogen-bond donors (Lipinski definition) is 1. The van der Waals surface area contributed by atoms with Gasteiger partial charge in [-0.3, -0.25) is 4.68 Å². The molecule has 0 saturated heterocycles. The maximum atomic E-state index is 4.28. The van der Waals surface area contributed by atoms with Gasteiger partial charge in [-0.1, -0.05) is 19.9 Å². The van der Waals surface area contributed by atoms with Crippen molar-refractivity contribution in [2.45, 2.75) is 33.7 Å². The van der Waals surface area contributed by atoms with Gasteiger partial charge in [-0.15, -0.1) is 0 Å². The van der Waals surface area contributed by atoms with Gasteiger partial charge in [0.15, 0.2) is 0 Å². The van der Waals surface area contributed by atoms with Crippen LogP contribution in [0.15, 0.2) is 16.7 Å². The fourth-order valence-corrected chi connectivity index (χ4v) is 1.99. The highest BCUT2D eigenvalue weighted by molar-refractivity contribution is 9.10. The first-order chi connectivity index (χ1) is 8.15. The van der Waals surface area contributed by atoms with Crippen LogP contribution in [0.3, 0.4) is 0 Å². The molecule has 1 aromatic rings. The van der Waals surface area contributed by atoms with Crippen molar-refractivity contribution in [3.8, 4) is 0 Å². The largest absolute Gasteiger partial charge is 0.316 e. The van der Waals surface area contributed by atoms with E-state index in [0.29, 0.717) is 0 Å². The van der Waals surface area contributed by atoms with Crippen LogP contribution in [0.4, 0.5) is 0 Å². The molecule has 1 N–H and O–H groups in total. The van der Waals surface area contributed by atoms with E-state index in [1.165, 1.54) is 0 Å². The second kappa shape index (κ2) is 7.67. The minimum absolute atomic E-state index is 0.717. The molecule has 1 aromatic heterocycles. The average molecular weight is 300 g/mol. The van der Waals surface area contributed by atoms with Crippen molar-refractivity contribution in [3.63, 3.8) is 0 Å². The number of nitrogens with zero attached hydrogens (tertiary/aromatic N) is 2. The molecule has 0 aliphatic rings. The van der Waals surface area contributed by atoms with Gasteiger partial charge in [0.1, 0.15) is 0 Å². The van der Waals surface area contributed by atoms with Crippen molar-refractivity contribution in [3.05, 3.63) is 22.4 Å². The average Bonchev–Trinajstić information content (AvgIpc) is 2.64. The fourth-order valence-electron chi connectivity index (χ4n) is 1.56. The molecular formula is C13H22BrN3. The van der Waals surface area contributed by atoms with Gasteiger partial charge in [0.25, 0.3) is 0 Å². The predicted molar refractivity (Wildman–Crippen MR) is 77.0 cm³/mol. The second-order valence-corrected chi connectivity index (χ2v) is 5.34.